The van der Waals surface area contributed by atoms with Crippen molar-refractivity contribution < 1.29 is 111 Å². The maximum atomic E-state index is 12.7. The van der Waals surface area contributed by atoms with Gasteiger partial charge in [-0.05, 0) is 6.42 Å². The van der Waals surface area contributed by atoms with Crippen LogP contribution in [0.15, 0.2) is 12.7 Å². The number of hydrogen-bond donors (Lipinski definition) is 9. The Labute approximate surface area is 399 Å². The number of thioether (sulfide) groups is 1. The fraction of sp³-hybridized carbons (Fsp3) is 0.771. The minimum atomic E-state index is -5.57. The minimum absolute atomic E-state index is 0. The summed E-state index contributed by atoms with van der Waals surface area (Å²) >= 11 is 1.15. The predicted molar refractivity (Wildman–Crippen MR) is 229 cm³/mol. The van der Waals surface area contributed by atoms with E-state index in [-0.39, 0.29) is 72.6 Å². The summed E-state index contributed by atoms with van der Waals surface area (Å²) in [5, 5.41) is 26.6. The van der Waals surface area contributed by atoms with Crippen LogP contribution in [0.1, 0.15) is 112 Å². The van der Waals surface area contributed by atoms with Gasteiger partial charge in [0.2, 0.25) is 11.8 Å². The van der Waals surface area contributed by atoms with E-state index in [1.54, 1.807) is 0 Å². The number of carbonyl (C=O) groups is 3. The molecule has 3 heterocycles. The normalized spacial score (nSPS) is 20.3. The van der Waals surface area contributed by atoms with E-state index >= 15 is 0 Å². The SMILES string of the molecule is CCCCCCCCCCCCCC(=O)SCCNC(=O)CCNC(=O)[C@H](O)C(C)(C)COP(=O)(O)OP(=O)(O)OC[C@H]1O[C@@H](n2cnc3c(N)ncnc32)[C@H](O)[C@@H]1OP(=O)(O)O.[H-].[Na+]. The summed E-state index contributed by atoms with van der Waals surface area (Å²) in [6.07, 6.45) is 6.75. The first-order valence-electron chi connectivity index (χ1n) is 20.6. The van der Waals surface area contributed by atoms with Crippen molar-refractivity contribution in [1.29, 1.82) is 0 Å². The summed E-state index contributed by atoms with van der Waals surface area (Å²) in [6, 6.07) is 0. The molecule has 1 aliphatic rings. The third-order valence-corrected chi connectivity index (χ3v) is 13.8. The Bertz CT molecular complexity index is 1940. The Morgan fingerprint density at radius 2 is 1.53 bits per heavy atom. The van der Waals surface area contributed by atoms with Gasteiger partial charge >= 0.3 is 53.0 Å². The number of aliphatic hydroxyl groups is 2. The molecule has 29 heteroatoms. The maximum absolute atomic E-state index is 12.7. The van der Waals surface area contributed by atoms with Crippen LogP contribution in [0.25, 0.3) is 11.2 Å². The molecule has 2 unspecified atom stereocenters. The van der Waals surface area contributed by atoms with E-state index in [1.165, 1.54) is 65.2 Å². The summed E-state index contributed by atoms with van der Waals surface area (Å²) in [4.78, 5) is 88.2. The number of ether oxygens (including phenoxy) is 1. The first-order chi connectivity index (χ1) is 29.6. The van der Waals surface area contributed by atoms with Gasteiger partial charge in [0.15, 0.2) is 22.8 Å². The van der Waals surface area contributed by atoms with Crippen molar-refractivity contribution >= 4 is 69.1 Å². The molecule has 24 nitrogen and oxygen atoms in total. The molecule has 0 aromatic carbocycles. The van der Waals surface area contributed by atoms with Gasteiger partial charge in [-0.3, -0.25) is 32.5 Å². The molecule has 64 heavy (non-hydrogen) atoms. The number of anilines is 1. The molecule has 0 aliphatic carbocycles. The molecule has 7 atom stereocenters. The summed E-state index contributed by atoms with van der Waals surface area (Å²) in [5.41, 5.74) is 4.29. The Morgan fingerprint density at radius 3 is 2.16 bits per heavy atom. The van der Waals surface area contributed by atoms with E-state index in [0.29, 0.717) is 12.2 Å². The molecular weight excluding hydrogens is 938 g/mol. The molecular formula is C35H63N7NaO17P3S. The molecule has 0 radical (unpaired) electrons. The van der Waals surface area contributed by atoms with Crippen LogP contribution < -0.4 is 45.9 Å². The third-order valence-electron chi connectivity index (χ3n) is 9.75. The maximum Gasteiger partial charge on any atom is 1.00 e. The number of imidazole rings is 1. The van der Waals surface area contributed by atoms with Gasteiger partial charge in [0.25, 0.3) is 0 Å². The van der Waals surface area contributed by atoms with Crippen LogP contribution in [-0.2, 0) is 50.7 Å². The number of fused-ring (bicyclic) bond motifs is 1. The zero-order chi connectivity index (χ0) is 46.8. The molecule has 2 amide bonds. The van der Waals surface area contributed by atoms with Gasteiger partial charge in [-0.25, -0.2) is 28.6 Å². The number of rotatable bonds is 31. The summed E-state index contributed by atoms with van der Waals surface area (Å²) in [5.74, 6) is -1.02. The van der Waals surface area contributed by atoms with Crippen LogP contribution in [0, 0.1) is 5.41 Å². The van der Waals surface area contributed by atoms with Gasteiger partial charge in [-0.1, -0.05) is 96.7 Å². The molecule has 1 fully saturated rings. The molecule has 1 saturated heterocycles. The second kappa shape index (κ2) is 28.1. The van der Waals surface area contributed by atoms with E-state index in [0.717, 1.165) is 48.2 Å². The number of nitrogens with one attached hydrogen (secondary N) is 2. The number of aromatic nitrogens is 4. The van der Waals surface area contributed by atoms with E-state index in [9.17, 15) is 57.9 Å². The van der Waals surface area contributed by atoms with E-state index in [1.807, 2.05) is 0 Å². The molecule has 2 aromatic rings. The van der Waals surface area contributed by atoms with Gasteiger partial charge in [0.05, 0.1) is 19.5 Å². The number of carbonyl (C=O) groups excluding carboxylic acids is 3. The summed E-state index contributed by atoms with van der Waals surface area (Å²) in [6.45, 7) is 2.79. The van der Waals surface area contributed by atoms with E-state index in [2.05, 4.69) is 41.3 Å². The quantitative estimate of drug-likeness (QED) is 0.0282. The fourth-order valence-corrected chi connectivity index (χ4v) is 9.85. The average Bonchev–Trinajstić information content (AvgIpc) is 3.76. The van der Waals surface area contributed by atoms with Crippen molar-refractivity contribution in [2.45, 2.75) is 135 Å². The smallest absolute Gasteiger partial charge is 1.00 e. The second-order valence-corrected chi connectivity index (χ2v) is 21.0. The van der Waals surface area contributed by atoms with Crippen LogP contribution >= 0.6 is 35.2 Å². The Morgan fingerprint density at radius 1 is 0.922 bits per heavy atom. The van der Waals surface area contributed by atoms with Gasteiger partial charge in [0.1, 0.15) is 36.3 Å². The number of nitrogens with two attached hydrogens (primary N) is 1. The number of unbranched alkanes of at least 4 members (excludes halogenated alkanes) is 10. The van der Waals surface area contributed by atoms with Crippen molar-refractivity contribution in [3.05, 3.63) is 12.7 Å². The van der Waals surface area contributed by atoms with Crippen molar-refractivity contribution in [1.82, 2.24) is 30.2 Å². The number of aliphatic hydroxyl groups excluding tert-OH is 2. The molecule has 3 rings (SSSR count). The van der Waals surface area contributed by atoms with Crippen LogP contribution in [-0.4, -0.2) is 123 Å². The fourth-order valence-electron chi connectivity index (χ4n) is 6.30. The number of amides is 2. The number of phosphoric ester groups is 3. The number of nitrogens with zero attached hydrogens (tertiary/aromatic N) is 4. The van der Waals surface area contributed by atoms with Crippen molar-refractivity contribution in [3.8, 4) is 0 Å². The van der Waals surface area contributed by atoms with Crippen LogP contribution in [0.5, 0.6) is 0 Å². The zero-order valence-corrected chi connectivity index (χ0v) is 42.1. The summed E-state index contributed by atoms with van der Waals surface area (Å²) in [7, 11) is -16.4. The monoisotopic (exact) mass is 1000 g/mol. The molecule has 1 aliphatic heterocycles. The van der Waals surface area contributed by atoms with Crippen molar-refractivity contribution in [3.63, 3.8) is 0 Å². The molecule has 362 valence electrons. The van der Waals surface area contributed by atoms with Crippen molar-refractivity contribution in [2.24, 2.45) is 5.41 Å². The Kier molecular flexibility index (Phi) is 25.8. The van der Waals surface area contributed by atoms with Crippen LogP contribution in [0.4, 0.5) is 5.82 Å². The van der Waals surface area contributed by atoms with Gasteiger partial charge < -0.3 is 52.3 Å². The van der Waals surface area contributed by atoms with Crippen molar-refractivity contribution in [2.75, 3.05) is 37.8 Å². The van der Waals surface area contributed by atoms with Gasteiger partial charge in [0, 0.05) is 37.1 Å². The molecule has 0 spiro atoms. The largest absolute Gasteiger partial charge is 1.00 e. The zero-order valence-electron chi connectivity index (χ0n) is 37.6. The molecule has 0 saturated carbocycles. The number of hydrogen-bond acceptors (Lipinski definition) is 18. The topological polar surface area (TPSA) is 364 Å². The third kappa shape index (κ3) is 20.8. The summed E-state index contributed by atoms with van der Waals surface area (Å²) < 4.78 is 62.3. The van der Waals surface area contributed by atoms with Crippen LogP contribution in [0.2, 0.25) is 0 Å². The Balaban J connectivity index is 0.0000106. The average molecular weight is 1000 g/mol. The molecule has 0 bridgehead atoms. The number of nitrogen functional groups attached to an aromatic ring is 1. The molecule has 10 N–H and O–H groups in total. The Hall–Kier alpha value is -1.44. The van der Waals surface area contributed by atoms with E-state index < -0.39 is 84.6 Å². The minimum Gasteiger partial charge on any atom is -1.00 e. The van der Waals surface area contributed by atoms with Crippen LogP contribution in [0.3, 0.4) is 0 Å². The first kappa shape index (κ1) is 58.7. The first-order valence-corrected chi connectivity index (χ1v) is 26.1. The second-order valence-electron chi connectivity index (χ2n) is 15.6. The van der Waals surface area contributed by atoms with E-state index in [4.69, 9.17) is 19.5 Å². The van der Waals surface area contributed by atoms with Gasteiger partial charge in [-0.15, -0.1) is 0 Å². The standard InChI is InChI=1S/C35H62N7O17P3S.Na.H/c1-4-5-6-7-8-9-10-11-12-13-14-15-26(44)63-19-18-37-25(43)16-17-38-33(47)30(46)35(2,3)21-56-62(53,54)59-61(51,52)55-20-24-29(58-60(48,49)50)28(45)34(57-24)42-23-41-27-31(36)39-22-40-32(27)42;;/h22-24,28-30,34,45-46H,4-21H2,1-3H3,(H,37,43)(H,38,47)(H,51,52)(H,53,54)(H2,36,39,40)(H2,48,49,50);;/q;+1;-1/t24-,28-,29-,30+,34-;;/m1../s1. The number of phosphoric acid groups is 3. The van der Waals surface area contributed by atoms with Gasteiger partial charge in [-0.2, -0.15) is 4.31 Å². The molecule has 2 aromatic heterocycles. The predicted octanol–water partition coefficient (Wildman–Crippen LogP) is 0.482.